The number of anilines is 1. The van der Waals surface area contributed by atoms with Crippen LogP contribution in [0.25, 0.3) is 10.7 Å². The number of hydrogen-bond donors (Lipinski definition) is 1. The third-order valence-electron chi connectivity index (χ3n) is 2.77. The van der Waals surface area contributed by atoms with Gasteiger partial charge in [-0.2, -0.15) is 0 Å². The predicted octanol–water partition coefficient (Wildman–Crippen LogP) is 2.74. The third-order valence-corrected chi connectivity index (χ3v) is 3.55. The maximum absolute atomic E-state index is 12.2. The van der Waals surface area contributed by atoms with Crippen LogP contribution in [0.15, 0.2) is 46.4 Å². The van der Waals surface area contributed by atoms with E-state index in [1.54, 1.807) is 11.6 Å². The summed E-state index contributed by atoms with van der Waals surface area (Å²) in [4.78, 5) is 16.3. The molecule has 7 heteroatoms. The van der Waals surface area contributed by atoms with Crippen molar-refractivity contribution < 1.29 is 14.1 Å². The number of nitrogens with zero attached hydrogens (tertiary/aromatic N) is 2. The van der Waals surface area contributed by atoms with Gasteiger partial charge in [-0.3, -0.25) is 0 Å². The van der Waals surface area contributed by atoms with Crippen molar-refractivity contribution in [3.63, 3.8) is 0 Å². The average Bonchev–Trinajstić information content (AvgIpc) is 3.15. The summed E-state index contributed by atoms with van der Waals surface area (Å²) in [6, 6.07) is 9.37. The van der Waals surface area contributed by atoms with Crippen molar-refractivity contribution in [2.24, 2.45) is 0 Å². The largest absolute Gasteiger partial charge is 0.457 e. The number of carbonyl (C=O) groups is 1. The van der Waals surface area contributed by atoms with Crippen LogP contribution in [-0.4, -0.2) is 16.1 Å². The van der Waals surface area contributed by atoms with Gasteiger partial charge in [-0.1, -0.05) is 35.5 Å². The predicted molar refractivity (Wildman–Crippen MR) is 77.6 cm³/mol. The van der Waals surface area contributed by atoms with Crippen LogP contribution < -0.4 is 5.73 Å². The molecule has 0 saturated carbocycles. The molecule has 3 rings (SSSR count). The molecular formula is C14H11N3O3S. The number of thiazole rings is 1. The molecule has 106 valence electrons. The van der Waals surface area contributed by atoms with Gasteiger partial charge in [0.1, 0.15) is 11.6 Å². The Hall–Kier alpha value is -2.67. The van der Waals surface area contributed by atoms with Crippen LogP contribution in [0, 0.1) is 0 Å². The first kappa shape index (κ1) is 13.3. The molecule has 0 saturated heterocycles. The molecule has 0 atom stereocenters. The zero-order chi connectivity index (χ0) is 14.7. The summed E-state index contributed by atoms with van der Waals surface area (Å²) in [7, 11) is 0. The van der Waals surface area contributed by atoms with Gasteiger partial charge in [-0.15, -0.1) is 11.3 Å². The molecule has 0 spiro atoms. The molecular weight excluding hydrogens is 290 g/mol. The minimum atomic E-state index is -0.581. The molecule has 3 aromatic rings. The first-order valence-electron chi connectivity index (χ1n) is 6.12. The third kappa shape index (κ3) is 2.77. The number of carbonyl (C=O) groups excluding carboxylic acids is 1. The SMILES string of the molecule is Nc1onc(-c2nccs2)c1C(=O)OCc1ccccc1. The molecule has 0 aliphatic carbocycles. The summed E-state index contributed by atoms with van der Waals surface area (Å²) in [6.45, 7) is 0.154. The molecule has 21 heavy (non-hydrogen) atoms. The van der Waals surface area contributed by atoms with Crippen molar-refractivity contribution in [3.8, 4) is 10.7 Å². The van der Waals surface area contributed by atoms with E-state index in [9.17, 15) is 4.79 Å². The van der Waals surface area contributed by atoms with Gasteiger partial charge in [0.15, 0.2) is 11.3 Å². The second-order valence-electron chi connectivity index (χ2n) is 4.17. The molecule has 0 unspecified atom stereocenters. The van der Waals surface area contributed by atoms with E-state index < -0.39 is 5.97 Å². The minimum Gasteiger partial charge on any atom is -0.457 e. The lowest BCUT2D eigenvalue weighted by Gasteiger charge is -2.04. The quantitative estimate of drug-likeness (QED) is 0.745. The van der Waals surface area contributed by atoms with E-state index >= 15 is 0 Å². The minimum absolute atomic E-state index is 0.0711. The number of nitrogen functional groups attached to an aromatic ring is 1. The Morgan fingerprint density at radius 3 is 2.86 bits per heavy atom. The summed E-state index contributed by atoms with van der Waals surface area (Å²) < 4.78 is 10.1. The number of rotatable bonds is 4. The molecule has 0 aliphatic heterocycles. The van der Waals surface area contributed by atoms with Gasteiger partial charge >= 0.3 is 5.97 Å². The Labute approximate surface area is 124 Å². The highest BCUT2D eigenvalue weighted by atomic mass is 32.1. The highest BCUT2D eigenvalue weighted by Crippen LogP contribution is 2.29. The fraction of sp³-hybridized carbons (Fsp3) is 0.0714. The highest BCUT2D eigenvalue weighted by Gasteiger charge is 2.25. The van der Waals surface area contributed by atoms with Gasteiger partial charge < -0.3 is 15.0 Å². The lowest BCUT2D eigenvalue weighted by molar-refractivity contribution is 0.0474. The normalized spacial score (nSPS) is 10.5. The van der Waals surface area contributed by atoms with Crippen LogP contribution in [-0.2, 0) is 11.3 Å². The van der Waals surface area contributed by atoms with Crippen molar-refractivity contribution in [1.82, 2.24) is 10.1 Å². The number of aromatic nitrogens is 2. The van der Waals surface area contributed by atoms with Gasteiger partial charge in [0.05, 0.1) is 0 Å². The smallest absolute Gasteiger partial charge is 0.346 e. The van der Waals surface area contributed by atoms with E-state index in [1.807, 2.05) is 30.3 Å². The van der Waals surface area contributed by atoms with Crippen molar-refractivity contribution in [2.75, 3.05) is 5.73 Å². The Morgan fingerprint density at radius 2 is 2.14 bits per heavy atom. The summed E-state index contributed by atoms with van der Waals surface area (Å²) in [5, 5.41) is 6.12. The van der Waals surface area contributed by atoms with Crippen molar-refractivity contribution >= 4 is 23.2 Å². The standard InChI is InChI=1S/C14H11N3O3S/c15-12-10(11(17-20-12)13-16-6-7-21-13)14(18)19-8-9-4-2-1-3-5-9/h1-7H,8,15H2. The number of ether oxygens (including phenoxy) is 1. The molecule has 0 aliphatic rings. The summed E-state index contributed by atoms with van der Waals surface area (Å²) in [5.41, 5.74) is 6.97. The lowest BCUT2D eigenvalue weighted by atomic mass is 10.2. The molecule has 1 aromatic carbocycles. The van der Waals surface area contributed by atoms with Gasteiger partial charge in [0, 0.05) is 11.6 Å². The summed E-state index contributed by atoms with van der Waals surface area (Å²) >= 11 is 1.34. The van der Waals surface area contributed by atoms with Gasteiger partial charge in [0.25, 0.3) is 0 Å². The fourth-order valence-corrected chi connectivity index (χ4v) is 2.41. The van der Waals surface area contributed by atoms with E-state index in [2.05, 4.69) is 10.1 Å². The monoisotopic (exact) mass is 301 g/mol. The molecule has 0 bridgehead atoms. The summed E-state index contributed by atoms with van der Waals surface area (Å²) in [6.07, 6.45) is 1.62. The highest BCUT2D eigenvalue weighted by molar-refractivity contribution is 7.13. The summed E-state index contributed by atoms with van der Waals surface area (Å²) in [5.74, 6) is -0.652. The van der Waals surface area contributed by atoms with Crippen molar-refractivity contribution in [1.29, 1.82) is 0 Å². The average molecular weight is 301 g/mol. The molecule has 0 fully saturated rings. The van der Waals surface area contributed by atoms with Crippen molar-refractivity contribution in [2.45, 2.75) is 6.61 Å². The van der Waals surface area contributed by atoms with Gasteiger partial charge in [0.2, 0.25) is 5.88 Å². The molecule has 0 radical (unpaired) electrons. The Morgan fingerprint density at radius 1 is 1.33 bits per heavy atom. The zero-order valence-electron chi connectivity index (χ0n) is 10.9. The zero-order valence-corrected chi connectivity index (χ0v) is 11.7. The van der Waals surface area contributed by atoms with Crippen LogP contribution in [0.3, 0.4) is 0 Å². The van der Waals surface area contributed by atoms with Crippen LogP contribution in [0.1, 0.15) is 15.9 Å². The van der Waals surface area contributed by atoms with E-state index in [0.717, 1.165) is 5.56 Å². The van der Waals surface area contributed by atoms with Crippen LogP contribution in [0.4, 0.5) is 5.88 Å². The number of esters is 1. The maximum Gasteiger partial charge on any atom is 0.346 e. The van der Waals surface area contributed by atoms with E-state index in [-0.39, 0.29) is 18.1 Å². The maximum atomic E-state index is 12.2. The Balaban J connectivity index is 1.80. The molecule has 6 nitrogen and oxygen atoms in total. The molecule has 2 heterocycles. The Kier molecular flexibility index (Phi) is 3.65. The fourth-order valence-electron chi connectivity index (χ4n) is 1.78. The molecule has 2 aromatic heterocycles. The van der Waals surface area contributed by atoms with Crippen LogP contribution in [0.5, 0.6) is 0 Å². The van der Waals surface area contributed by atoms with E-state index in [1.165, 1.54) is 11.3 Å². The first-order valence-corrected chi connectivity index (χ1v) is 6.99. The lowest BCUT2D eigenvalue weighted by Crippen LogP contribution is -2.08. The number of hydrogen-bond acceptors (Lipinski definition) is 7. The van der Waals surface area contributed by atoms with Crippen molar-refractivity contribution in [3.05, 3.63) is 53.0 Å². The number of nitrogens with two attached hydrogens (primary N) is 1. The van der Waals surface area contributed by atoms with Gasteiger partial charge in [-0.05, 0) is 5.56 Å². The van der Waals surface area contributed by atoms with E-state index in [0.29, 0.717) is 10.7 Å². The van der Waals surface area contributed by atoms with Crippen LogP contribution >= 0.6 is 11.3 Å². The first-order chi connectivity index (χ1) is 10.3. The number of benzene rings is 1. The van der Waals surface area contributed by atoms with Gasteiger partial charge in [-0.25, -0.2) is 9.78 Å². The topological polar surface area (TPSA) is 91.2 Å². The molecule has 2 N–H and O–H groups in total. The molecule has 0 amide bonds. The van der Waals surface area contributed by atoms with E-state index in [4.69, 9.17) is 15.0 Å². The second kappa shape index (κ2) is 5.76. The van der Waals surface area contributed by atoms with Crippen LogP contribution in [0.2, 0.25) is 0 Å². The second-order valence-corrected chi connectivity index (χ2v) is 5.06. The Bertz CT molecular complexity index is 738.